The van der Waals surface area contributed by atoms with Crippen LogP contribution in [0.3, 0.4) is 0 Å². The van der Waals surface area contributed by atoms with Crippen molar-refractivity contribution in [2.45, 2.75) is 19.3 Å². The molecule has 1 aliphatic carbocycles. The molecule has 1 fully saturated rings. The maximum atomic E-state index is 12.0. The number of anilines is 1. The Morgan fingerprint density at radius 2 is 2.26 bits per heavy atom. The van der Waals surface area contributed by atoms with E-state index >= 15 is 0 Å². The Balaban J connectivity index is 1.89. The Labute approximate surface area is 118 Å². The molecule has 0 unspecified atom stereocenters. The summed E-state index contributed by atoms with van der Waals surface area (Å²) in [6.45, 7) is 1.43. The number of amides is 1. The monoisotopic (exact) mass is 282 g/mol. The van der Waals surface area contributed by atoms with E-state index in [9.17, 15) is 4.79 Å². The van der Waals surface area contributed by atoms with Crippen LogP contribution in [0.1, 0.15) is 29.6 Å². The molecule has 1 aromatic rings. The van der Waals surface area contributed by atoms with Crippen LogP contribution in [0.5, 0.6) is 0 Å². The lowest BCUT2D eigenvalue weighted by atomic mass is 10.0. The molecule has 0 bridgehead atoms. The summed E-state index contributed by atoms with van der Waals surface area (Å²) in [6, 6.07) is 4.93. The van der Waals surface area contributed by atoms with Crippen LogP contribution in [0.25, 0.3) is 0 Å². The van der Waals surface area contributed by atoms with E-state index in [1.54, 1.807) is 25.3 Å². The van der Waals surface area contributed by atoms with Gasteiger partial charge in [0, 0.05) is 25.8 Å². The first-order chi connectivity index (χ1) is 9.06. The van der Waals surface area contributed by atoms with E-state index in [2.05, 4.69) is 5.32 Å². The third-order valence-corrected chi connectivity index (χ3v) is 4.02. The lowest BCUT2D eigenvalue weighted by Crippen LogP contribution is -2.30. The van der Waals surface area contributed by atoms with E-state index in [-0.39, 0.29) is 11.3 Å². The minimum Gasteiger partial charge on any atom is -0.398 e. The highest BCUT2D eigenvalue weighted by Crippen LogP contribution is 2.48. The number of halogens is 1. The minimum absolute atomic E-state index is 0.105. The number of carbonyl (C=O) groups is 1. The van der Waals surface area contributed by atoms with E-state index in [1.807, 2.05) is 0 Å². The lowest BCUT2D eigenvalue weighted by Gasteiger charge is -2.15. The van der Waals surface area contributed by atoms with Crippen LogP contribution in [0.15, 0.2) is 18.2 Å². The van der Waals surface area contributed by atoms with Crippen molar-refractivity contribution in [2.24, 2.45) is 5.41 Å². The number of methoxy groups -OCH3 is 1. The van der Waals surface area contributed by atoms with E-state index < -0.39 is 0 Å². The molecule has 0 spiro atoms. The van der Waals surface area contributed by atoms with Gasteiger partial charge in [0.15, 0.2) is 0 Å². The summed E-state index contributed by atoms with van der Waals surface area (Å²) in [7, 11) is 1.70. The van der Waals surface area contributed by atoms with Crippen LogP contribution in [0, 0.1) is 5.41 Å². The fraction of sp³-hybridized carbons (Fsp3) is 0.500. The normalized spacial score (nSPS) is 16.1. The fourth-order valence-electron chi connectivity index (χ4n) is 2.07. The Morgan fingerprint density at radius 3 is 2.84 bits per heavy atom. The smallest absolute Gasteiger partial charge is 0.251 e. The van der Waals surface area contributed by atoms with Crippen molar-refractivity contribution in [3.8, 4) is 0 Å². The average Bonchev–Trinajstić information content (AvgIpc) is 3.17. The van der Waals surface area contributed by atoms with E-state index in [0.717, 1.165) is 25.9 Å². The van der Waals surface area contributed by atoms with Crippen molar-refractivity contribution in [3.63, 3.8) is 0 Å². The van der Waals surface area contributed by atoms with E-state index in [4.69, 9.17) is 22.1 Å². The Kier molecular flexibility index (Phi) is 4.32. The number of nitrogens with two attached hydrogens (primary N) is 1. The van der Waals surface area contributed by atoms with Crippen molar-refractivity contribution < 1.29 is 9.53 Å². The molecule has 1 aliphatic rings. The van der Waals surface area contributed by atoms with Crippen LogP contribution in [0.4, 0.5) is 5.69 Å². The molecule has 0 aliphatic heterocycles. The van der Waals surface area contributed by atoms with Crippen molar-refractivity contribution in [3.05, 3.63) is 28.8 Å². The first-order valence-electron chi connectivity index (χ1n) is 6.38. The third kappa shape index (κ3) is 3.61. The SMILES string of the molecule is COCCC1(CNC(=O)c2ccc(Cl)c(N)c2)CC1. The molecule has 0 saturated heterocycles. The molecule has 0 aromatic heterocycles. The van der Waals surface area contributed by atoms with Gasteiger partial charge in [-0.2, -0.15) is 0 Å². The van der Waals surface area contributed by atoms with Crippen LogP contribution in [-0.2, 0) is 4.74 Å². The summed E-state index contributed by atoms with van der Waals surface area (Å²) in [6.07, 6.45) is 3.30. The molecule has 5 heteroatoms. The van der Waals surface area contributed by atoms with Gasteiger partial charge >= 0.3 is 0 Å². The third-order valence-electron chi connectivity index (χ3n) is 3.68. The van der Waals surface area contributed by atoms with Gasteiger partial charge < -0.3 is 15.8 Å². The molecular weight excluding hydrogens is 264 g/mol. The zero-order chi connectivity index (χ0) is 13.9. The van der Waals surface area contributed by atoms with Crippen LogP contribution >= 0.6 is 11.6 Å². The first kappa shape index (κ1) is 14.2. The van der Waals surface area contributed by atoms with Gasteiger partial charge in [-0.25, -0.2) is 0 Å². The molecule has 0 radical (unpaired) electrons. The number of carbonyl (C=O) groups excluding carboxylic acids is 1. The predicted molar refractivity (Wildman–Crippen MR) is 76.4 cm³/mol. The summed E-state index contributed by atoms with van der Waals surface area (Å²) in [4.78, 5) is 12.0. The molecule has 1 aromatic carbocycles. The topological polar surface area (TPSA) is 64.3 Å². The van der Waals surface area contributed by atoms with Crippen LogP contribution < -0.4 is 11.1 Å². The second kappa shape index (κ2) is 5.80. The molecule has 1 amide bonds. The highest BCUT2D eigenvalue weighted by atomic mass is 35.5. The number of ether oxygens (including phenoxy) is 1. The van der Waals surface area contributed by atoms with Crippen molar-refractivity contribution in [1.29, 1.82) is 0 Å². The van der Waals surface area contributed by atoms with Gasteiger partial charge in [0.2, 0.25) is 0 Å². The summed E-state index contributed by atoms with van der Waals surface area (Å²) in [5.74, 6) is -0.105. The van der Waals surface area contributed by atoms with Crippen molar-refractivity contribution in [1.82, 2.24) is 5.32 Å². The maximum Gasteiger partial charge on any atom is 0.251 e. The van der Waals surface area contributed by atoms with Crippen molar-refractivity contribution in [2.75, 3.05) is 26.0 Å². The van der Waals surface area contributed by atoms with E-state index in [0.29, 0.717) is 22.8 Å². The number of hydrogen-bond donors (Lipinski definition) is 2. The number of hydrogen-bond acceptors (Lipinski definition) is 3. The van der Waals surface area contributed by atoms with Crippen LogP contribution in [-0.4, -0.2) is 26.2 Å². The molecule has 19 heavy (non-hydrogen) atoms. The highest BCUT2D eigenvalue weighted by Gasteiger charge is 2.42. The number of nitrogen functional groups attached to an aromatic ring is 1. The fourth-order valence-corrected chi connectivity index (χ4v) is 2.18. The zero-order valence-electron chi connectivity index (χ0n) is 11.0. The van der Waals surface area contributed by atoms with Gasteiger partial charge in [0.25, 0.3) is 5.91 Å². The lowest BCUT2D eigenvalue weighted by molar-refractivity contribution is 0.0938. The number of nitrogens with one attached hydrogen (secondary N) is 1. The van der Waals surface area contributed by atoms with Gasteiger partial charge in [0.05, 0.1) is 10.7 Å². The van der Waals surface area contributed by atoms with Gasteiger partial charge in [-0.3, -0.25) is 4.79 Å². The Morgan fingerprint density at radius 1 is 1.53 bits per heavy atom. The quantitative estimate of drug-likeness (QED) is 0.788. The zero-order valence-corrected chi connectivity index (χ0v) is 11.8. The molecule has 4 nitrogen and oxygen atoms in total. The maximum absolute atomic E-state index is 12.0. The molecular formula is C14H19ClN2O2. The first-order valence-corrected chi connectivity index (χ1v) is 6.76. The largest absolute Gasteiger partial charge is 0.398 e. The number of rotatable bonds is 6. The average molecular weight is 283 g/mol. The van der Waals surface area contributed by atoms with Crippen LogP contribution in [0.2, 0.25) is 5.02 Å². The molecule has 104 valence electrons. The van der Waals surface area contributed by atoms with Gasteiger partial charge in [-0.05, 0) is 42.9 Å². The second-order valence-corrected chi connectivity index (χ2v) is 5.57. The summed E-state index contributed by atoms with van der Waals surface area (Å²) in [5.41, 5.74) is 6.90. The standard InChI is InChI=1S/C14H19ClN2O2/c1-19-7-6-14(4-5-14)9-17-13(18)10-2-3-11(15)12(16)8-10/h2-3,8H,4-7,9,16H2,1H3,(H,17,18). The van der Waals surface area contributed by atoms with Gasteiger partial charge in [-0.1, -0.05) is 11.6 Å². The highest BCUT2D eigenvalue weighted by molar-refractivity contribution is 6.33. The summed E-state index contributed by atoms with van der Waals surface area (Å²) >= 11 is 5.83. The van der Waals surface area contributed by atoms with Crippen molar-refractivity contribution >= 4 is 23.2 Å². The minimum atomic E-state index is -0.105. The van der Waals surface area contributed by atoms with E-state index in [1.165, 1.54) is 0 Å². The molecule has 2 rings (SSSR count). The predicted octanol–water partition coefficient (Wildman–Crippen LogP) is 2.47. The summed E-state index contributed by atoms with van der Waals surface area (Å²) in [5, 5.41) is 3.43. The summed E-state index contributed by atoms with van der Waals surface area (Å²) < 4.78 is 5.09. The molecule has 0 heterocycles. The van der Waals surface area contributed by atoms with Gasteiger partial charge in [0.1, 0.15) is 0 Å². The Hall–Kier alpha value is -1.26. The Bertz CT molecular complexity index is 473. The molecule has 0 atom stereocenters. The second-order valence-electron chi connectivity index (χ2n) is 5.16. The molecule has 1 saturated carbocycles. The number of benzene rings is 1. The molecule has 3 N–H and O–H groups in total. The van der Waals surface area contributed by atoms with Gasteiger partial charge in [-0.15, -0.1) is 0 Å².